The van der Waals surface area contributed by atoms with Gasteiger partial charge in [0.05, 0.1) is 0 Å². The molecule has 1 aliphatic carbocycles. The largest absolute Gasteiger partial charge is 0.341 e. The average Bonchev–Trinajstić information content (AvgIpc) is 2.65. The van der Waals surface area contributed by atoms with E-state index in [1.54, 1.807) is 0 Å². The van der Waals surface area contributed by atoms with Gasteiger partial charge in [-0.05, 0) is 19.3 Å². The molecule has 0 aromatic rings. The van der Waals surface area contributed by atoms with Gasteiger partial charge in [-0.2, -0.15) is 0 Å². The quantitative estimate of drug-likeness (QED) is 0.677. The van der Waals surface area contributed by atoms with Gasteiger partial charge >= 0.3 is 0 Å². The number of amides is 1. The van der Waals surface area contributed by atoms with E-state index in [0.29, 0.717) is 25.2 Å². The lowest BCUT2D eigenvalue weighted by atomic mass is 9.87. The summed E-state index contributed by atoms with van der Waals surface area (Å²) in [6.07, 6.45) is 3.55. The van der Waals surface area contributed by atoms with Gasteiger partial charge in [-0.15, -0.1) is 0 Å². The number of rotatable bonds is 1. The Morgan fingerprint density at radius 2 is 1.93 bits per heavy atom. The van der Waals surface area contributed by atoms with Crippen molar-refractivity contribution in [2.24, 2.45) is 11.7 Å². The smallest absolute Gasteiger partial charge is 0.225 e. The molecule has 1 atom stereocenters. The van der Waals surface area contributed by atoms with Crippen molar-refractivity contribution in [2.45, 2.75) is 38.1 Å². The van der Waals surface area contributed by atoms with Crippen LogP contribution in [-0.2, 0) is 9.59 Å². The Kier molecular flexibility index (Phi) is 3.05. The normalized spacial score (nSPS) is 28.5. The summed E-state index contributed by atoms with van der Waals surface area (Å²) in [6, 6.07) is 0.152. The maximum atomic E-state index is 12.0. The van der Waals surface area contributed by atoms with Gasteiger partial charge in [0.2, 0.25) is 5.91 Å². The topological polar surface area (TPSA) is 63.4 Å². The molecule has 1 aliphatic heterocycles. The number of Topliss-reactive ketones (excluding diaryl/α,β-unsaturated/α-hetero) is 1. The van der Waals surface area contributed by atoms with Crippen molar-refractivity contribution in [3.8, 4) is 0 Å². The van der Waals surface area contributed by atoms with E-state index in [0.717, 1.165) is 25.8 Å². The molecule has 0 radical (unpaired) electrons. The Hall–Kier alpha value is -0.900. The molecular formula is C11H18N2O2. The first-order valence-corrected chi connectivity index (χ1v) is 5.73. The van der Waals surface area contributed by atoms with Crippen molar-refractivity contribution in [3.05, 3.63) is 0 Å². The Labute approximate surface area is 89.8 Å². The van der Waals surface area contributed by atoms with E-state index in [2.05, 4.69) is 0 Å². The van der Waals surface area contributed by atoms with Crippen molar-refractivity contribution in [3.63, 3.8) is 0 Å². The van der Waals surface area contributed by atoms with Crippen LogP contribution in [0.15, 0.2) is 0 Å². The van der Waals surface area contributed by atoms with Crippen LogP contribution in [0.1, 0.15) is 32.1 Å². The molecule has 1 heterocycles. The first-order chi connectivity index (χ1) is 7.16. The highest BCUT2D eigenvalue weighted by molar-refractivity contribution is 5.84. The lowest BCUT2D eigenvalue weighted by Gasteiger charge is -2.25. The number of nitrogens with two attached hydrogens (primary N) is 1. The first-order valence-electron chi connectivity index (χ1n) is 5.73. The van der Waals surface area contributed by atoms with Gasteiger partial charge in [0.1, 0.15) is 5.78 Å². The van der Waals surface area contributed by atoms with E-state index < -0.39 is 0 Å². The molecule has 1 amide bonds. The summed E-state index contributed by atoms with van der Waals surface area (Å²) in [4.78, 5) is 24.9. The molecule has 1 saturated carbocycles. The summed E-state index contributed by atoms with van der Waals surface area (Å²) in [5.74, 6) is 0.598. The minimum absolute atomic E-state index is 0.0769. The summed E-state index contributed by atoms with van der Waals surface area (Å²) in [5, 5.41) is 0. The van der Waals surface area contributed by atoms with Crippen molar-refractivity contribution in [1.29, 1.82) is 0 Å². The number of hydrogen-bond donors (Lipinski definition) is 1. The van der Waals surface area contributed by atoms with Crippen LogP contribution in [0, 0.1) is 5.92 Å². The van der Waals surface area contributed by atoms with Gasteiger partial charge in [0.15, 0.2) is 0 Å². The van der Waals surface area contributed by atoms with Crippen LogP contribution in [0.2, 0.25) is 0 Å². The molecule has 0 aromatic heterocycles. The highest BCUT2D eigenvalue weighted by atomic mass is 16.2. The number of carbonyl (C=O) groups is 2. The zero-order valence-corrected chi connectivity index (χ0v) is 8.95. The molecule has 4 nitrogen and oxygen atoms in total. The number of carbonyl (C=O) groups excluding carboxylic acids is 2. The van der Waals surface area contributed by atoms with Crippen molar-refractivity contribution >= 4 is 11.7 Å². The zero-order chi connectivity index (χ0) is 10.8. The maximum absolute atomic E-state index is 12.0. The van der Waals surface area contributed by atoms with Crippen LogP contribution in [0.3, 0.4) is 0 Å². The lowest BCUT2D eigenvalue weighted by molar-refractivity contribution is -0.136. The highest BCUT2D eigenvalue weighted by Gasteiger charge is 2.31. The predicted molar refractivity (Wildman–Crippen MR) is 56.1 cm³/mol. The van der Waals surface area contributed by atoms with Crippen LogP contribution < -0.4 is 5.73 Å². The van der Waals surface area contributed by atoms with E-state index in [1.165, 1.54) is 0 Å². The SMILES string of the molecule is NC1CCN(C(=O)C2CCC(=O)CC2)C1. The van der Waals surface area contributed by atoms with Crippen molar-refractivity contribution in [1.82, 2.24) is 4.90 Å². The lowest BCUT2D eigenvalue weighted by Crippen LogP contribution is -2.37. The van der Waals surface area contributed by atoms with Gasteiger partial charge in [0.25, 0.3) is 0 Å². The number of hydrogen-bond acceptors (Lipinski definition) is 3. The van der Waals surface area contributed by atoms with Gasteiger partial charge < -0.3 is 10.6 Å². The van der Waals surface area contributed by atoms with E-state index in [-0.39, 0.29) is 17.9 Å². The molecule has 1 unspecified atom stereocenters. The number of likely N-dealkylation sites (tertiary alicyclic amines) is 1. The molecule has 0 aromatic carbocycles. The summed E-state index contributed by atoms with van der Waals surface area (Å²) >= 11 is 0. The summed E-state index contributed by atoms with van der Waals surface area (Å²) in [6.45, 7) is 1.49. The molecule has 4 heteroatoms. The fourth-order valence-electron chi connectivity index (χ4n) is 2.43. The van der Waals surface area contributed by atoms with E-state index in [9.17, 15) is 9.59 Å². The maximum Gasteiger partial charge on any atom is 0.225 e. The molecule has 2 N–H and O–H groups in total. The summed E-state index contributed by atoms with van der Waals surface area (Å²) in [7, 11) is 0. The molecule has 15 heavy (non-hydrogen) atoms. The third kappa shape index (κ3) is 2.37. The molecule has 0 bridgehead atoms. The van der Waals surface area contributed by atoms with E-state index >= 15 is 0 Å². The van der Waals surface area contributed by atoms with Crippen LogP contribution in [0.4, 0.5) is 0 Å². The molecule has 84 valence electrons. The predicted octanol–water partition coefficient (Wildman–Crippen LogP) is 0.305. The summed E-state index contributed by atoms with van der Waals surface area (Å²) in [5.41, 5.74) is 5.77. The third-order valence-corrected chi connectivity index (χ3v) is 3.43. The molecule has 2 fully saturated rings. The fourth-order valence-corrected chi connectivity index (χ4v) is 2.43. The van der Waals surface area contributed by atoms with Crippen LogP contribution >= 0.6 is 0 Å². The third-order valence-electron chi connectivity index (χ3n) is 3.43. The number of nitrogens with zero attached hydrogens (tertiary/aromatic N) is 1. The molecule has 2 aliphatic rings. The highest BCUT2D eigenvalue weighted by Crippen LogP contribution is 2.24. The van der Waals surface area contributed by atoms with Crippen molar-refractivity contribution in [2.75, 3.05) is 13.1 Å². The molecule has 1 saturated heterocycles. The molecule has 0 spiro atoms. The van der Waals surface area contributed by atoms with Crippen LogP contribution in [0.5, 0.6) is 0 Å². The standard InChI is InChI=1S/C11H18N2O2/c12-9-5-6-13(7-9)11(15)8-1-3-10(14)4-2-8/h8-9H,1-7,12H2. The Morgan fingerprint density at radius 3 is 2.47 bits per heavy atom. The molecular weight excluding hydrogens is 192 g/mol. The van der Waals surface area contributed by atoms with Crippen LogP contribution in [0.25, 0.3) is 0 Å². The number of ketones is 1. The average molecular weight is 210 g/mol. The Balaban J connectivity index is 1.88. The van der Waals surface area contributed by atoms with Gasteiger partial charge in [-0.25, -0.2) is 0 Å². The minimum Gasteiger partial charge on any atom is -0.341 e. The second-order valence-electron chi connectivity index (χ2n) is 4.65. The monoisotopic (exact) mass is 210 g/mol. The summed E-state index contributed by atoms with van der Waals surface area (Å²) < 4.78 is 0. The van der Waals surface area contributed by atoms with Crippen LogP contribution in [-0.4, -0.2) is 35.7 Å². The second-order valence-corrected chi connectivity index (χ2v) is 4.65. The first kappa shape index (κ1) is 10.6. The van der Waals surface area contributed by atoms with Gasteiger partial charge in [-0.1, -0.05) is 0 Å². The van der Waals surface area contributed by atoms with E-state index in [1.807, 2.05) is 4.90 Å². The van der Waals surface area contributed by atoms with Gasteiger partial charge in [0, 0.05) is 37.9 Å². The molecule has 2 rings (SSSR count). The van der Waals surface area contributed by atoms with E-state index in [4.69, 9.17) is 5.73 Å². The second kappa shape index (κ2) is 4.31. The van der Waals surface area contributed by atoms with Crippen molar-refractivity contribution < 1.29 is 9.59 Å². The van der Waals surface area contributed by atoms with Gasteiger partial charge in [-0.3, -0.25) is 9.59 Å². The Morgan fingerprint density at radius 1 is 1.27 bits per heavy atom. The zero-order valence-electron chi connectivity index (χ0n) is 8.95. The Bertz CT molecular complexity index is 268. The minimum atomic E-state index is 0.0769. The fraction of sp³-hybridized carbons (Fsp3) is 0.818.